The summed E-state index contributed by atoms with van der Waals surface area (Å²) in [6.07, 6.45) is 0.414. The van der Waals surface area contributed by atoms with E-state index in [2.05, 4.69) is 15.6 Å². The van der Waals surface area contributed by atoms with Gasteiger partial charge in [0, 0.05) is 25.8 Å². The number of guanidine groups is 1. The maximum absolute atomic E-state index is 13.1. The lowest BCUT2D eigenvalue weighted by molar-refractivity contribution is -0.121. The Balaban J connectivity index is 2.05. The van der Waals surface area contributed by atoms with Crippen molar-refractivity contribution < 1.29 is 18.7 Å². The highest BCUT2D eigenvalue weighted by atomic mass is 19.1. The molecule has 0 aliphatic rings. The third-order valence-corrected chi connectivity index (χ3v) is 4.83. The molecule has 2 aromatic rings. The van der Waals surface area contributed by atoms with Gasteiger partial charge in [0.25, 0.3) is 0 Å². The molecule has 32 heavy (non-hydrogen) atoms. The zero-order valence-corrected chi connectivity index (χ0v) is 19.0. The number of nitrogens with one attached hydrogen (secondary N) is 2. The maximum Gasteiger partial charge on any atom is 0.222 e. The highest BCUT2D eigenvalue weighted by Crippen LogP contribution is 2.21. The molecule has 174 valence electrons. The van der Waals surface area contributed by atoms with Gasteiger partial charge < -0.3 is 25.8 Å². The normalized spacial score (nSPS) is 12.3. The molecule has 0 saturated heterocycles. The largest absolute Gasteiger partial charge is 0.491 e. The smallest absolute Gasteiger partial charge is 0.222 e. The summed E-state index contributed by atoms with van der Waals surface area (Å²) in [5, 5.41) is 6.37. The third-order valence-electron chi connectivity index (χ3n) is 4.83. The summed E-state index contributed by atoms with van der Waals surface area (Å²) in [5.41, 5.74) is 8.48. The fourth-order valence-electron chi connectivity index (χ4n) is 3.07. The molecule has 1 unspecified atom stereocenters. The molecule has 2 aromatic carbocycles. The lowest BCUT2D eigenvalue weighted by atomic mass is 9.98. The molecule has 0 heterocycles. The standard InChI is InChI=1S/C24H33FN4O3/c1-4-27-24(28-15-19-8-5-17(2)13-22(19)32-12-11-31-3)29-16-20(23(26)30)14-18-6-9-21(25)10-7-18/h5-10,13,20H,4,11-12,14-16H2,1-3H3,(H2,26,30)(H2,27,28,29). The average Bonchev–Trinajstić information content (AvgIpc) is 2.77. The molecule has 8 heteroatoms. The quantitative estimate of drug-likeness (QED) is 0.266. The van der Waals surface area contributed by atoms with Crippen LogP contribution in [0.15, 0.2) is 47.5 Å². The molecule has 1 amide bonds. The molecule has 0 bridgehead atoms. The topological polar surface area (TPSA) is 98.0 Å². The van der Waals surface area contributed by atoms with Gasteiger partial charge in [0.15, 0.2) is 5.96 Å². The van der Waals surface area contributed by atoms with Gasteiger partial charge in [0.1, 0.15) is 18.2 Å². The van der Waals surface area contributed by atoms with Crippen LogP contribution in [-0.2, 0) is 22.5 Å². The van der Waals surface area contributed by atoms with E-state index in [1.807, 2.05) is 32.0 Å². The van der Waals surface area contributed by atoms with Crippen LogP contribution in [0.25, 0.3) is 0 Å². The van der Waals surface area contributed by atoms with E-state index in [0.29, 0.717) is 45.2 Å². The molecule has 4 N–H and O–H groups in total. The summed E-state index contributed by atoms with van der Waals surface area (Å²) in [7, 11) is 1.63. The summed E-state index contributed by atoms with van der Waals surface area (Å²) in [6, 6.07) is 12.1. The molecule has 1 atom stereocenters. The van der Waals surface area contributed by atoms with Gasteiger partial charge in [0.05, 0.1) is 19.1 Å². The number of nitrogens with two attached hydrogens (primary N) is 1. The molecule has 0 saturated carbocycles. The van der Waals surface area contributed by atoms with Crippen molar-refractivity contribution in [3.05, 3.63) is 65.0 Å². The number of hydrogen-bond donors (Lipinski definition) is 3. The zero-order chi connectivity index (χ0) is 23.3. The predicted octanol–water partition coefficient (Wildman–Crippen LogP) is 2.56. The Bertz CT molecular complexity index is 887. The van der Waals surface area contributed by atoms with E-state index in [0.717, 1.165) is 22.4 Å². The summed E-state index contributed by atoms with van der Waals surface area (Å²) in [4.78, 5) is 16.6. The first-order chi connectivity index (χ1) is 15.4. The molecule has 2 rings (SSSR count). The number of hydrogen-bond acceptors (Lipinski definition) is 4. The molecule has 0 spiro atoms. The number of methoxy groups -OCH3 is 1. The Morgan fingerprint density at radius 1 is 1.16 bits per heavy atom. The summed E-state index contributed by atoms with van der Waals surface area (Å²) < 4.78 is 24.0. The lowest BCUT2D eigenvalue weighted by Gasteiger charge is -2.17. The number of rotatable bonds is 12. The maximum atomic E-state index is 13.1. The second kappa shape index (κ2) is 13.3. The van der Waals surface area contributed by atoms with Crippen LogP contribution in [-0.4, -0.2) is 45.3 Å². The highest BCUT2D eigenvalue weighted by molar-refractivity contribution is 5.82. The van der Waals surface area contributed by atoms with Crippen LogP contribution in [0.3, 0.4) is 0 Å². The van der Waals surface area contributed by atoms with Gasteiger partial charge in [-0.15, -0.1) is 0 Å². The average molecular weight is 445 g/mol. The van der Waals surface area contributed by atoms with Gasteiger partial charge in [-0.3, -0.25) is 4.79 Å². The van der Waals surface area contributed by atoms with Crippen molar-refractivity contribution in [3.8, 4) is 5.75 Å². The van der Waals surface area contributed by atoms with Crippen molar-refractivity contribution in [1.82, 2.24) is 10.6 Å². The minimum Gasteiger partial charge on any atom is -0.491 e. The van der Waals surface area contributed by atoms with Gasteiger partial charge in [0.2, 0.25) is 5.91 Å². The molecule has 0 fully saturated rings. The number of ether oxygens (including phenoxy) is 2. The molecular formula is C24H33FN4O3. The van der Waals surface area contributed by atoms with E-state index < -0.39 is 11.8 Å². The van der Waals surface area contributed by atoms with E-state index >= 15 is 0 Å². The van der Waals surface area contributed by atoms with Gasteiger partial charge in [-0.2, -0.15) is 0 Å². The first kappa shape index (κ1) is 25.1. The first-order valence-electron chi connectivity index (χ1n) is 10.7. The Morgan fingerprint density at radius 2 is 1.91 bits per heavy atom. The molecule has 0 radical (unpaired) electrons. The van der Waals surface area contributed by atoms with Gasteiger partial charge >= 0.3 is 0 Å². The van der Waals surface area contributed by atoms with Crippen LogP contribution in [0.5, 0.6) is 5.75 Å². The predicted molar refractivity (Wildman–Crippen MR) is 124 cm³/mol. The van der Waals surface area contributed by atoms with E-state index in [4.69, 9.17) is 15.2 Å². The fraction of sp³-hybridized carbons (Fsp3) is 0.417. The lowest BCUT2D eigenvalue weighted by Crippen LogP contribution is -2.43. The highest BCUT2D eigenvalue weighted by Gasteiger charge is 2.17. The number of aryl methyl sites for hydroxylation is 1. The van der Waals surface area contributed by atoms with Crippen molar-refractivity contribution in [1.29, 1.82) is 0 Å². The second-order valence-electron chi connectivity index (χ2n) is 7.46. The van der Waals surface area contributed by atoms with Gasteiger partial charge in [-0.05, 0) is 49.6 Å². The SMILES string of the molecule is CCNC(=NCc1ccc(C)cc1OCCOC)NCC(Cc1ccc(F)cc1)C(N)=O. The van der Waals surface area contributed by atoms with E-state index in [1.54, 1.807) is 19.2 Å². The number of primary amides is 1. The van der Waals surface area contributed by atoms with Crippen LogP contribution < -0.4 is 21.1 Å². The van der Waals surface area contributed by atoms with Crippen molar-refractivity contribution in [2.75, 3.05) is 33.4 Å². The number of benzene rings is 2. The number of aliphatic imine (C=N–C) groups is 1. The van der Waals surface area contributed by atoms with Crippen LogP contribution in [0.4, 0.5) is 4.39 Å². The van der Waals surface area contributed by atoms with Crippen molar-refractivity contribution in [2.24, 2.45) is 16.6 Å². The van der Waals surface area contributed by atoms with Crippen LogP contribution >= 0.6 is 0 Å². The number of halogens is 1. The van der Waals surface area contributed by atoms with Crippen molar-refractivity contribution in [2.45, 2.75) is 26.8 Å². The van der Waals surface area contributed by atoms with Crippen LogP contribution in [0.1, 0.15) is 23.6 Å². The van der Waals surface area contributed by atoms with Crippen LogP contribution in [0.2, 0.25) is 0 Å². The van der Waals surface area contributed by atoms with Crippen molar-refractivity contribution >= 4 is 11.9 Å². The van der Waals surface area contributed by atoms with E-state index in [-0.39, 0.29) is 5.82 Å². The second-order valence-corrected chi connectivity index (χ2v) is 7.46. The molecular weight excluding hydrogens is 411 g/mol. The molecule has 0 aliphatic heterocycles. The number of carbonyl (C=O) groups excluding carboxylic acids is 1. The van der Waals surface area contributed by atoms with E-state index in [9.17, 15) is 9.18 Å². The molecule has 7 nitrogen and oxygen atoms in total. The minimum absolute atomic E-state index is 0.309. The van der Waals surface area contributed by atoms with Crippen molar-refractivity contribution in [3.63, 3.8) is 0 Å². The molecule has 0 aliphatic carbocycles. The third kappa shape index (κ3) is 8.55. The van der Waals surface area contributed by atoms with Gasteiger partial charge in [-0.25, -0.2) is 9.38 Å². The number of amides is 1. The minimum atomic E-state index is -0.461. The Morgan fingerprint density at radius 3 is 2.56 bits per heavy atom. The Labute approximate surface area is 189 Å². The Hall–Kier alpha value is -3.13. The van der Waals surface area contributed by atoms with Gasteiger partial charge in [-0.1, -0.05) is 24.3 Å². The first-order valence-corrected chi connectivity index (χ1v) is 10.7. The van der Waals surface area contributed by atoms with Crippen LogP contribution in [0, 0.1) is 18.7 Å². The molecule has 0 aromatic heterocycles. The number of nitrogens with zero attached hydrogens (tertiary/aromatic N) is 1. The summed E-state index contributed by atoms with van der Waals surface area (Å²) in [6.45, 7) is 6.30. The fourth-order valence-corrected chi connectivity index (χ4v) is 3.07. The summed E-state index contributed by atoms with van der Waals surface area (Å²) >= 11 is 0. The summed E-state index contributed by atoms with van der Waals surface area (Å²) in [5.74, 6) is 0.140. The number of carbonyl (C=O) groups is 1. The monoisotopic (exact) mass is 444 g/mol. The zero-order valence-electron chi connectivity index (χ0n) is 19.0. The van der Waals surface area contributed by atoms with E-state index in [1.165, 1.54) is 12.1 Å². The Kier molecular flexibility index (Phi) is 10.5.